The number of aryl methyl sites for hydroxylation is 3. The van der Waals surface area contributed by atoms with Crippen molar-refractivity contribution in [3.8, 4) is 0 Å². The van der Waals surface area contributed by atoms with E-state index in [2.05, 4.69) is 39.3 Å². The molecule has 0 aliphatic rings. The molecule has 1 heterocycles. The molecule has 0 aliphatic carbocycles. The van der Waals surface area contributed by atoms with Crippen molar-refractivity contribution < 1.29 is 0 Å². The quantitative estimate of drug-likeness (QED) is 0.899. The molecule has 2 rings (SSSR count). The van der Waals surface area contributed by atoms with Crippen LogP contribution in [0.25, 0.3) is 0 Å². The molecule has 1 N–H and O–H groups in total. The summed E-state index contributed by atoms with van der Waals surface area (Å²) in [5.74, 6) is 0. The molecule has 0 aliphatic heterocycles. The Kier molecular flexibility index (Phi) is 4.89. The first kappa shape index (κ1) is 15.5. The highest BCUT2D eigenvalue weighted by molar-refractivity contribution is 9.10. The van der Waals surface area contributed by atoms with Gasteiger partial charge in [-0.15, -0.1) is 0 Å². The minimum atomic E-state index is 0.235. The van der Waals surface area contributed by atoms with Crippen LogP contribution < -0.4 is 5.32 Å². The molecule has 0 amide bonds. The molecule has 0 fully saturated rings. The molecule has 1 unspecified atom stereocenters. The summed E-state index contributed by atoms with van der Waals surface area (Å²) in [4.78, 5) is 0. The lowest BCUT2D eigenvalue weighted by molar-refractivity contribution is 0.558. The summed E-state index contributed by atoms with van der Waals surface area (Å²) in [5.41, 5.74) is 4.68. The fourth-order valence-corrected chi connectivity index (χ4v) is 3.22. The van der Waals surface area contributed by atoms with Gasteiger partial charge in [0.2, 0.25) is 0 Å². The Bertz CT molecular complexity index is 622. The highest BCUT2D eigenvalue weighted by atomic mass is 79.9. The lowest BCUT2D eigenvalue weighted by Crippen LogP contribution is -2.21. The van der Waals surface area contributed by atoms with Crippen LogP contribution in [-0.2, 0) is 13.5 Å². The first-order valence-corrected chi connectivity index (χ1v) is 7.72. The Hall–Kier alpha value is -0.840. The zero-order valence-electron chi connectivity index (χ0n) is 12.2. The second kappa shape index (κ2) is 6.29. The summed E-state index contributed by atoms with van der Waals surface area (Å²) in [6.07, 6.45) is 0.872. The second-order valence-electron chi connectivity index (χ2n) is 5.02. The molecule has 0 bridgehead atoms. The highest BCUT2D eigenvalue weighted by Gasteiger charge is 2.18. The third-order valence-corrected chi connectivity index (χ3v) is 4.88. The molecule has 1 aromatic heterocycles. The van der Waals surface area contributed by atoms with Crippen molar-refractivity contribution in [2.75, 3.05) is 7.05 Å². The van der Waals surface area contributed by atoms with Crippen molar-refractivity contribution in [3.05, 3.63) is 50.2 Å². The first-order chi connectivity index (χ1) is 9.43. The average Bonchev–Trinajstić information content (AvgIpc) is 2.62. The second-order valence-corrected chi connectivity index (χ2v) is 6.25. The number of nitrogens with zero attached hydrogens (tertiary/aromatic N) is 2. The number of hydrogen-bond acceptors (Lipinski definition) is 2. The summed E-state index contributed by atoms with van der Waals surface area (Å²) in [6, 6.07) is 6.27. The van der Waals surface area contributed by atoms with Crippen LogP contribution in [0.3, 0.4) is 0 Å². The normalized spacial score (nSPS) is 12.7. The third kappa shape index (κ3) is 3.08. The third-order valence-electron chi connectivity index (χ3n) is 3.61. The van der Waals surface area contributed by atoms with E-state index in [1.165, 1.54) is 16.8 Å². The SMILES string of the molecule is CNC(Cc1c(Br)c(C)nn1C)c1ccc(Cl)cc1C. The van der Waals surface area contributed by atoms with Crippen LogP contribution in [0.2, 0.25) is 5.02 Å². The van der Waals surface area contributed by atoms with Gasteiger partial charge in [-0.2, -0.15) is 5.10 Å². The van der Waals surface area contributed by atoms with E-state index in [0.29, 0.717) is 0 Å². The van der Waals surface area contributed by atoms with Gasteiger partial charge in [0.05, 0.1) is 15.9 Å². The maximum atomic E-state index is 6.04. The fourth-order valence-electron chi connectivity index (χ4n) is 2.49. The van der Waals surface area contributed by atoms with Gasteiger partial charge in [0.15, 0.2) is 0 Å². The van der Waals surface area contributed by atoms with Crippen LogP contribution in [0.15, 0.2) is 22.7 Å². The van der Waals surface area contributed by atoms with Crippen molar-refractivity contribution in [2.45, 2.75) is 26.3 Å². The molecule has 2 aromatic rings. The van der Waals surface area contributed by atoms with E-state index in [1.807, 2.05) is 37.8 Å². The van der Waals surface area contributed by atoms with E-state index in [4.69, 9.17) is 11.6 Å². The average molecular weight is 357 g/mol. The monoisotopic (exact) mass is 355 g/mol. The maximum Gasteiger partial charge on any atom is 0.0738 e. The maximum absolute atomic E-state index is 6.04. The van der Waals surface area contributed by atoms with Gasteiger partial charge in [-0.1, -0.05) is 17.7 Å². The van der Waals surface area contributed by atoms with Crippen molar-refractivity contribution in [1.29, 1.82) is 0 Å². The van der Waals surface area contributed by atoms with Gasteiger partial charge in [-0.05, 0) is 60.1 Å². The zero-order valence-corrected chi connectivity index (χ0v) is 14.5. The van der Waals surface area contributed by atoms with Crippen LogP contribution in [0.1, 0.15) is 28.6 Å². The van der Waals surface area contributed by atoms with Crippen molar-refractivity contribution in [2.24, 2.45) is 7.05 Å². The van der Waals surface area contributed by atoms with Gasteiger partial charge in [0, 0.05) is 24.5 Å². The molecule has 1 atom stereocenters. The van der Waals surface area contributed by atoms with E-state index in [1.54, 1.807) is 0 Å². The van der Waals surface area contributed by atoms with Gasteiger partial charge in [0.25, 0.3) is 0 Å². The lowest BCUT2D eigenvalue weighted by Gasteiger charge is -2.19. The van der Waals surface area contributed by atoms with Crippen LogP contribution in [0.5, 0.6) is 0 Å². The molecule has 3 nitrogen and oxygen atoms in total. The predicted molar refractivity (Wildman–Crippen MR) is 87.3 cm³/mol. The highest BCUT2D eigenvalue weighted by Crippen LogP contribution is 2.28. The Labute approximate surface area is 133 Å². The Morgan fingerprint density at radius 2 is 2.10 bits per heavy atom. The van der Waals surface area contributed by atoms with Gasteiger partial charge in [-0.25, -0.2) is 0 Å². The van der Waals surface area contributed by atoms with E-state index < -0.39 is 0 Å². The van der Waals surface area contributed by atoms with Crippen LogP contribution >= 0.6 is 27.5 Å². The summed E-state index contributed by atoms with van der Waals surface area (Å²) in [7, 11) is 3.96. The zero-order chi connectivity index (χ0) is 14.9. The van der Waals surface area contributed by atoms with Gasteiger partial charge >= 0.3 is 0 Å². The molecule has 0 radical (unpaired) electrons. The van der Waals surface area contributed by atoms with Crippen molar-refractivity contribution >= 4 is 27.5 Å². The molecular weight excluding hydrogens is 338 g/mol. The van der Waals surface area contributed by atoms with Gasteiger partial charge in [-0.3, -0.25) is 4.68 Å². The minimum Gasteiger partial charge on any atom is -0.313 e. The van der Waals surface area contributed by atoms with Gasteiger partial charge < -0.3 is 5.32 Å². The summed E-state index contributed by atoms with van der Waals surface area (Å²) < 4.78 is 3.03. The summed E-state index contributed by atoms with van der Waals surface area (Å²) in [6.45, 7) is 4.10. The first-order valence-electron chi connectivity index (χ1n) is 6.55. The van der Waals surface area contributed by atoms with E-state index >= 15 is 0 Å². The molecule has 1 aromatic carbocycles. The number of halogens is 2. The van der Waals surface area contributed by atoms with Gasteiger partial charge in [0.1, 0.15) is 0 Å². The number of rotatable bonds is 4. The minimum absolute atomic E-state index is 0.235. The van der Waals surface area contributed by atoms with E-state index in [-0.39, 0.29) is 6.04 Å². The smallest absolute Gasteiger partial charge is 0.0738 e. The molecule has 0 saturated heterocycles. The Morgan fingerprint density at radius 3 is 2.60 bits per heavy atom. The number of benzene rings is 1. The molecule has 5 heteroatoms. The molecule has 0 spiro atoms. The van der Waals surface area contributed by atoms with E-state index in [9.17, 15) is 0 Å². The summed E-state index contributed by atoms with van der Waals surface area (Å²) >= 11 is 9.67. The van der Waals surface area contributed by atoms with Crippen LogP contribution in [0.4, 0.5) is 0 Å². The molecule has 108 valence electrons. The molecular formula is C15H19BrClN3. The summed E-state index contributed by atoms with van der Waals surface area (Å²) in [5, 5.41) is 8.61. The topological polar surface area (TPSA) is 29.9 Å². The van der Waals surface area contributed by atoms with E-state index in [0.717, 1.165) is 21.6 Å². The van der Waals surface area contributed by atoms with Crippen LogP contribution in [-0.4, -0.2) is 16.8 Å². The number of hydrogen-bond donors (Lipinski definition) is 1. The number of nitrogens with one attached hydrogen (secondary N) is 1. The van der Waals surface area contributed by atoms with Crippen LogP contribution in [0, 0.1) is 13.8 Å². The lowest BCUT2D eigenvalue weighted by atomic mass is 9.97. The molecule has 0 saturated carbocycles. The number of likely N-dealkylation sites (N-methyl/N-ethyl adjacent to an activating group) is 1. The Balaban J connectivity index is 2.33. The number of aromatic nitrogens is 2. The largest absolute Gasteiger partial charge is 0.313 e. The Morgan fingerprint density at radius 1 is 1.40 bits per heavy atom. The predicted octanol–water partition coefficient (Wildman–Crippen LogP) is 3.96. The van der Waals surface area contributed by atoms with Crippen molar-refractivity contribution in [3.63, 3.8) is 0 Å². The fraction of sp³-hybridized carbons (Fsp3) is 0.400. The van der Waals surface area contributed by atoms with Crippen molar-refractivity contribution in [1.82, 2.24) is 15.1 Å². The standard InChI is InChI=1S/C15H19BrClN3/c1-9-7-11(17)5-6-12(9)13(18-3)8-14-15(16)10(2)19-20(14)4/h5-7,13,18H,8H2,1-4H3. The molecule has 20 heavy (non-hydrogen) atoms.